The third-order valence-electron chi connectivity index (χ3n) is 4.76. The molecule has 1 aliphatic rings. The highest BCUT2D eigenvalue weighted by molar-refractivity contribution is 5.55. The minimum absolute atomic E-state index is 0.423. The van der Waals surface area contributed by atoms with Crippen molar-refractivity contribution in [2.24, 2.45) is 0 Å². The average Bonchev–Trinajstić information content (AvgIpc) is 3.28. The zero-order chi connectivity index (χ0) is 19.2. The molecule has 2 aromatic heterocycles. The second-order valence-corrected chi connectivity index (χ2v) is 6.76. The maximum Gasteiger partial charge on any atom is 0.263 e. The van der Waals surface area contributed by atoms with Crippen LogP contribution >= 0.6 is 0 Å². The highest BCUT2D eigenvalue weighted by Crippen LogP contribution is 2.28. The van der Waals surface area contributed by atoms with Gasteiger partial charge in [-0.25, -0.2) is 19.9 Å². The van der Waals surface area contributed by atoms with E-state index >= 15 is 0 Å². The lowest BCUT2D eigenvalue weighted by molar-refractivity contribution is 0.462. The monoisotopic (exact) mass is 376 g/mol. The van der Waals surface area contributed by atoms with Gasteiger partial charge in [-0.3, -0.25) is 0 Å². The minimum atomic E-state index is 0.423. The molecule has 3 aromatic rings. The third kappa shape index (κ3) is 4.43. The Labute approximate surface area is 164 Å². The van der Waals surface area contributed by atoms with Gasteiger partial charge in [-0.2, -0.15) is 0 Å². The van der Waals surface area contributed by atoms with Crippen molar-refractivity contribution in [3.8, 4) is 23.1 Å². The number of nitrogens with one attached hydrogen (secondary N) is 2. The van der Waals surface area contributed by atoms with E-state index in [1.807, 2.05) is 12.1 Å². The van der Waals surface area contributed by atoms with E-state index in [9.17, 15) is 0 Å². The molecule has 0 unspecified atom stereocenters. The van der Waals surface area contributed by atoms with Gasteiger partial charge in [0.1, 0.15) is 11.4 Å². The molecular formula is C21H24N6O. The molecule has 144 valence electrons. The van der Waals surface area contributed by atoms with E-state index in [2.05, 4.69) is 49.6 Å². The van der Waals surface area contributed by atoms with Crippen LogP contribution in [0.4, 0.5) is 5.82 Å². The summed E-state index contributed by atoms with van der Waals surface area (Å²) in [6.07, 6.45) is 8.40. The smallest absolute Gasteiger partial charge is 0.263 e. The largest absolute Gasteiger partial charge is 0.436 e. The van der Waals surface area contributed by atoms with Gasteiger partial charge < -0.3 is 15.4 Å². The van der Waals surface area contributed by atoms with E-state index in [4.69, 9.17) is 4.74 Å². The fraction of sp³-hybridized carbons (Fsp3) is 0.333. The number of aryl methyl sites for hydroxylation is 1. The van der Waals surface area contributed by atoms with Crippen molar-refractivity contribution >= 4 is 5.82 Å². The first-order valence-corrected chi connectivity index (χ1v) is 9.70. The molecule has 0 spiro atoms. The molecule has 3 heterocycles. The number of rotatable bonds is 7. The summed E-state index contributed by atoms with van der Waals surface area (Å²) in [6.45, 7) is 3.97. The zero-order valence-electron chi connectivity index (χ0n) is 15.9. The van der Waals surface area contributed by atoms with Gasteiger partial charge >= 0.3 is 0 Å². The van der Waals surface area contributed by atoms with Crippen LogP contribution in [0.5, 0.6) is 11.6 Å². The van der Waals surface area contributed by atoms with Gasteiger partial charge in [-0.1, -0.05) is 19.1 Å². The van der Waals surface area contributed by atoms with Crippen LogP contribution in [-0.4, -0.2) is 39.1 Å². The molecule has 1 aliphatic heterocycles. The molecule has 0 amide bonds. The quantitative estimate of drug-likeness (QED) is 0.653. The first-order valence-electron chi connectivity index (χ1n) is 9.70. The summed E-state index contributed by atoms with van der Waals surface area (Å²) < 4.78 is 6.07. The van der Waals surface area contributed by atoms with E-state index in [1.165, 1.54) is 12.0 Å². The summed E-state index contributed by atoms with van der Waals surface area (Å²) in [5.41, 5.74) is 1.83. The number of benzene rings is 1. The first-order chi connectivity index (χ1) is 13.8. The van der Waals surface area contributed by atoms with Gasteiger partial charge in [0, 0.05) is 25.0 Å². The van der Waals surface area contributed by atoms with Gasteiger partial charge in [0.25, 0.3) is 5.88 Å². The van der Waals surface area contributed by atoms with E-state index in [-0.39, 0.29) is 0 Å². The van der Waals surface area contributed by atoms with E-state index in [1.54, 1.807) is 24.7 Å². The summed E-state index contributed by atoms with van der Waals surface area (Å²) in [6, 6.07) is 10.2. The Balaban J connectivity index is 1.59. The Morgan fingerprint density at radius 3 is 2.68 bits per heavy atom. The van der Waals surface area contributed by atoms with Crippen LogP contribution in [-0.2, 0) is 6.42 Å². The van der Waals surface area contributed by atoms with Gasteiger partial charge in [0.2, 0.25) is 0 Å². The molecule has 0 saturated carbocycles. The van der Waals surface area contributed by atoms with Crippen LogP contribution in [0.3, 0.4) is 0 Å². The molecule has 0 radical (unpaired) electrons. The lowest BCUT2D eigenvalue weighted by Gasteiger charge is -2.15. The standard InChI is InChI=1S/C21H24N6O/c1-2-15-6-8-17(9-7-15)28-21-20(25-13-16-5-3-10-22-16)26-14-18(27-21)19-23-11-4-12-24-19/h4,6-9,11-12,14,16,22H,2-3,5,10,13H2,1H3,(H,25,26)/t16-/m0/s1. The molecule has 1 atom stereocenters. The lowest BCUT2D eigenvalue weighted by atomic mass is 10.2. The number of hydrogen-bond acceptors (Lipinski definition) is 7. The maximum absolute atomic E-state index is 6.07. The number of nitrogens with zero attached hydrogens (tertiary/aromatic N) is 4. The second kappa shape index (κ2) is 8.75. The first kappa shape index (κ1) is 18.3. The molecule has 0 bridgehead atoms. The van der Waals surface area contributed by atoms with Crippen molar-refractivity contribution in [3.05, 3.63) is 54.5 Å². The molecular weight excluding hydrogens is 352 g/mol. The Bertz CT molecular complexity index is 895. The number of anilines is 1. The number of aromatic nitrogens is 4. The van der Waals surface area contributed by atoms with Crippen molar-refractivity contribution in [3.63, 3.8) is 0 Å². The van der Waals surface area contributed by atoms with Crippen molar-refractivity contribution in [1.82, 2.24) is 25.3 Å². The lowest BCUT2D eigenvalue weighted by Crippen LogP contribution is -2.29. The number of hydrogen-bond donors (Lipinski definition) is 2. The van der Waals surface area contributed by atoms with Crippen molar-refractivity contribution < 1.29 is 4.74 Å². The second-order valence-electron chi connectivity index (χ2n) is 6.76. The topological polar surface area (TPSA) is 84.9 Å². The average molecular weight is 376 g/mol. The molecule has 1 aromatic carbocycles. The summed E-state index contributed by atoms with van der Waals surface area (Å²) in [5, 5.41) is 6.85. The predicted octanol–water partition coefficient (Wildman–Crippen LogP) is 3.45. The van der Waals surface area contributed by atoms with Crippen LogP contribution in [0.1, 0.15) is 25.3 Å². The van der Waals surface area contributed by atoms with Crippen LogP contribution in [0.25, 0.3) is 11.5 Å². The maximum atomic E-state index is 6.07. The van der Waals surface area contributed by atoms with Crippen molar-refractivity contribution in [2.45, 2.75) is 32.2 Å². The van der Waals surface area contributed by atoms with Crippen LogP contribution in [0, 0.1) is 0 Å². The van der Waals surface area contributed by atoms with Crippen LogP contribution in [0.2, 0.25) is 0 Å². The predicted molar refractivity (Wildman–Crippen MR) is 108 cm³/mol. The molecule has 2 N–H and O–H groups in total. The van der Waals surface area contributed by atoms with Gasteiger partial charge in [-0.05, 0) is 49.6 Å². The zero-order valence-corrected chi connectivity index (χ0v) is 15.9. The Hall–Kier alpha value is -3.06. The van der Waals surface area contributed by atoms with Crippen LogP contribution in [0.15, 0.2) is 48.9 Å². The third-order valence-corrected chi connectivity index (χ3v) is 4.76. The van der Waals surface area contributed by atoms with Gasteiger partial charge in [0.05, 0.1) is 6.20 Å². The Morgan fingerprint density at radius 2 is 1.96 bits per heavy atom. The summed E-state index contributed by atoms with van der Waals surface area (Å²) >= 11 is 0. The fourth-order valence-electron chi connectivity index (χ4n) is 3.16. The SMILES string of the molecule is CCc1ccc(Oc2nc(-c3ncccn3)cnc2NC[C@@H]2CCCN2)cc1. The molecule has 28 heavy (non-hydrogen) atoms. The van der Waals surface area contributed by atoms with Crippen molar-refractivity contribution in [2.75, 3.05) is 18.4 Å². The molecule has 0 aliphatic carbocycles. The highest BCUT2D eigenvalue weighted by atomic mass is 16.5. The molecule has 1 saturated heterocycles. The number of ether oxygens (including phenoxy) is 1. The summed E-state index contributed by atoms with van der Waals surface area (Å²) in [5.74, 6) is 2.28. The molecule has 7 heteroatoms. The van der Waals surface area contributed by atoms with E-state index in [0.717, 1.165) is 31.7 Å². The molecule has 4 rings (SSSR count). The molecule has 7 nitrogen and oxygen atoms in total. The Morgan fingerprint density at radius 1 is 1.14 bits per heavy atom. The summed E-state index contributed by atoms with van der Waals surface area (Å²) in [4.78, 5) is 17.7. The highest BCUT2D eigenvalue weighted by Gasteiger charge is 2.17. The summed E-state index contributed by atoms with van der Waals surface area (Å²) in [7, 11) is 0. The van der Waals surface area contributed by atoms with Crippen LogP contribution < -0.4 is 15.4 Å². The minimum Gasteiger partial charge on any atom is -0.436 e. The molecule has 1 fully saturated rings. The van der Waals surface area contributed by atoms with E-state index in [0.29, 0.717) is 29.3 Å². The normalized spacial score (nSPS) is 16.1. The Kier molecular flexibility index (Phi) is 5.72. The fourth-order valence-corrected chi connectivity index (χ4v) is 3.16. The van der Waals surface area contributed by atoms with Gasteiger partial charge in [0.15, 0.2) is 11.6 Å². The van der Waals surface area contributed by atoms with E-state index < -0.39 is 0 Å². The van der Waals surface area contributed by atoms with Gasteiger partial charge in [-0.15, -0.1) is 0 Å². The van der Waals surface area contributed by atoms with Crippen molar-refractivity contribution in [1.29, 1.82) is 0 Å².